The van der Waals surface area contributed by atoms with Crippen molar-refractivity contribution in [3.05, 3.63) is 66.3 Å². The number of nitrogens with one attached hydrogen (secondary N) is 1. The van der Waals surface area contributed by atoms with Gasteiger partial charge in [-0.15, -0.1) is 0 Å². The summed E-state index contributed by atoms with van der Waals surface area (Å²) >= 11 is 0. The second kappa shape index (κ2) is 8.89. The number of carbonyl (C=O) groups excluding carboxylic acids is 2. The summed E-state index contributed by atoms with van der Waals surface area (Å²) < 4.78 is 7.53. The number of pyridine rings is 1. The first-order valence-corrected chi connectivity index (χ1v) is 11.8. The van der Waals surface area contributed by atoms with E-state index in [9.17, 15) is 9.59 Å². The average Bonchev–Trinajstić information content (AvgIpc) is 3.42. The molecule has 0 unspecified atom stereocenters. The molecule has 7 nitrogen and oxygen atoms in total. The molecular formula is C26H30N4O3. The fourth-order valence-corrected chi connectivity index (χ4v) is 5.08. The first kappa shape index (κ1) is 21.5. The highest BCUT2D eigenvalue weighted by Gasteiger charge is 2.48. The van der Waals surface area contributed by atoms with Gasteiger partial charge in [-0.05, 0) is 56.2 Å². The van der Waals surface area contributed by atoms with E-state index in [1.807, 2.05) is 54.0 Å². The van der Waals surface area contributed by atoms with Crippen LogP contribution in [0.5, 0.6) is 0 Å². The summed E-state index contributed by atoms with van der Waals surface area (Å²) in [6.45, 7) is 2.49. The molecule has 172 valence electrons. The maximum Gasteiger partial charge on any atom is 0.271 e. The zero-order chi connectivity index (χ0) is 22.8. The van der Waals surface area contributed by atoms with E-state index in [0.717, 1.165) is 37.1 Å². The lowest BCUT2D eigenvalue weighted by atomic mass is 9.93. The van der Waals surface area contributed by atoms with Crippen molar-refractivity contribution >= 4 is 11.8 Å². The van der Waals surface area contributed by atoms with Crippen LogP contribution in [0.25, 0.3) is 11.5 Å². The minimum atomic E-state index is -1.06. The fourth-order valence-electron chi connectivity index (χ4n) is 5.08. The van der Waals surface area contributed by atoms with Crippen LogP contribution in [-0.4, -0.2) is 37.8 Å². The predicted octanol–water partition coefficient (Wildman–Crippen LogP) is 4.40. The van der Waals surface area contributed by atoms with Crippen LogP contribution < -0.4 is 5.32 Å². The summed E-state index contributed by atoms with van der Waals surface area (Å²) in [5.74, 6) is 0.394. The molecule has 1 fully saturated rings. The number of hydrogen-bond donors (Lipinski definition) is 1. The lowest BCUT2D eigenvalue weighted by molar-refractivity contribution is -0.134. The molecule has 5 rings (SSSR count). The molecule has 1 N–H and O–H groups in total. The van der Waals surface area contributed by atoms with E-state index in [2.05, 4.69) is 10.3 Å². The van der Waals surface area contributed by atoms with Gasteiger partial charge in [0.1, 0.15) is 17.0 Å². The van der Waals surface area contributed by atoms with Gasteiger partial charge in [0.25, 0.3) is 5.91 Å². The van der Waals surface area contributed by atoms with Gasteiger partial charge in [0.2, 0.25) is 5.91 Å². The van der Waals surface area contributed by atoms with Gasteiger partial charge in [0.15, 0.2) is 0 Å². The third-order valence-electron chi connectivity index (χ3n) is 7.01. The van der Waals surface area contributed by atoms with Crippen molar-refractivity contribution < 1.29 is 14.0 Å². The molecule has 2 amide bonds. The highest BCUT2D eigenvalue weighted by Crippen LogP contribution is 2.34. The molecule has 0 bridgehead atoms. The Morgan fingerprint density at radius 1 is 1.09 bits per heavy atom. The highest BCUT2D eigenvalue weighted by atomic mass is 16.3. The third-order valence-corrected chi connectivity index (χ3v) is 7.01. The highest BCUT2D eigenvalue weighted by molar-refractivity contribution is 6.00. The Balaban J connectivity index is 1.51. The molecule has 1 saturated carbocycles. The normalized spacial score (nSPS) is 21.5. The fraction of sp³-hybridized carbons (Fsp3) is 0.423. The van der Waals surface area contributed by atoms with Crippen molar-refractivity contribution in [3.63, 3.8) is 0 Å². The first-order valence-electron chi connectivity index (χ1n) is 11.8. The van der Waals surface area contributed by atoms with Gasteiger partial charge in [-0.25, -0.2) is 0 Å². The van der Waals surface area contributed by atoms with E-state index in [1.165, 1.54) is 12.8 Å². The number of furan rings is 1. The van der Waals surface area contributed by atoms with E-state index in [0.29, 0.717) is 18.0 Å². The summed E-state index contributed by atoms with van der Waals surface area (Å²) in [6, 6.07) is 13.2. The molecule has 0 saturated heterocycles. The Kier molecular flexibility index (Phi) is 5.79. The van der Waals surface area contributed by atoms with Crippen LogP contribution in [0.4, 0.5) is 0 Å². The smallest absolute Gasteiger partial charge is 0.271 e. The second-order valence-corrected chi connectivity index (χ2v) is 9.32. The van der Waals surface area contributed by atoms with Gasteiger partial charge in [-0.1, -0.05) is 31.7 Å². The topological polar surface area (TPSA) is 80.4 Å². The second-order valence-electron chi connectivity index (χ2n) is 9.32. The van der Waals surface area contributed by atoms with Crippen molar-refractivity contribution in [2.75, 3.05) is 0 Å². The molecule has 7 heteroatoms. The molecule has 0 aromatic carbocycles. The van der Waals surface area contributed by atoms with E-state index < -0.39 is 5.54 Å². The SMILES string of the molecule is C[C@@]1(C(=O)NC2CCCCCC2)Cn2c(ccc2-c2ccco2)C(=O)N1Cc1ccccn1. The van der Waals surface area contributed by atoms with Gasteiger partial charge < -0.3 is 19.2 Å². The quantitative estimate of drug-likeness (QED) is 0.589. The van der Waals surface area contributed by atoms with Crippen LogP contribution in [0.1, 0.15) is 61.6 Å². The molecule has 1 atom stereocenters. The number of nitrogens with zero attached hydrogens (tertiary/aromatic N) is 3. The van der Waals surface area contributed by atoms with E-state index >= 15 is 0 Å². The van der Waals surface area contributed by atoms with Crippen molar-refractivity contribution in [1.82, 2.24) is 19.8 Å². The minimum Gasteiger partial charge on any atom is -0.463 e. The molecule has 3 aromatic rings. The molecule has 1 aliphatic heterocycles. The zero-order valence-electron chi connectivity index (χ0n) is 19.0. The van der Waals surface area contributed by atoms with Crippen LogP contribution in [-0.2, 0) is 17.9 Å². The van der Waals surface area contributed by atoms with Crippen LogP contribution in [0.3, 0.4) is 0 Å². The van der Waals surface area contributed by atoms with Crippen molar-refractivity contribution in [2.45, 2.75) is 70.1 Å². The average molecular weight is 447 g/mol. The number of hydrogen-bond acceptors (Lipinski definition) is 4. The van der Waals surface area contributed by atoms with Gasteiger partial charge in [-0.2, -0.15) is 0 Å². The monoisotopic (exact) mass is 446 g/mol. The molecule has 0 spiro atoms. The molecule has 1 aliphatic carbocycles. The Labute approximate surface area is 193 Å². The number of rotatable bonds is 5. The lowest BCUT2D eigenvalue weighted by Gasteiger charge is -2.44. The number of aromatic nitrogens is 2. The number of fused-ring (bicyclic) bond motifs is 1. The summed E-state index contributed by atoms with van der Waals surface area (Å²) in [7, 11) is 0. The maximum absolute atomic E-state index is 13.8. The lowest BCUT2D eigenvalue weighted by Crippen LogP contribution is -2.64. The molecule has 0 radical (unpaired) electrons. The molecular weight excluding hydrogens is 416 g/mol. The molecule has 2 aliphatic rings. The van der Waals surface area contributed by atoms with Crippen molar-refractivity contribution in [2.24, 2.45) is 0 Å². The van der Waals surface area contributed by atoms with Gasteiger partial charge in [0, 0.05) is 12.2 Å². The molecule has 3 aromatic heterocycles. The standard InChI is InChI=1S/C26H30N4O3/c1-26(25(32)28-19-9-4-2-3-5-10-19)18-29-21(23-12-8-16-33-23)13-14-22(29)24(31)30(26)17-20-11-6-7-15-27-20/h6-8,11-16,19H,2-5,9-10,17-18H2,1H3,(H,28,32)/t26-/m0/s1. The van der Waals surface area contributed by atoms with E-state index in [1.54, 1.807) is 17.4 Å². The number of amides is 2. The molecule has 4 heterocycles. The van der Waals surface area contributed by atoms with Crippen LogP contribution >= 0.6 is 0 Å². The number of carbonyl (C=O) groups is 2. The summed E-state index contributed by atoms with van der Waals surface area (Å²) in [4.78, 5) is 33.6. The van der Waals surface area contributed by atoms with Gasteiger partial charge in [-0.3, -0.25) is 14.6 Å². The summed E-state index contributed by atoms with van der Waals surface area (Å²) in [5.41, 5.74) is 1.05. The van der Waals surface area contributed by atoms with Crippen LogP contribution in [0, 0.1) is 0 Å². The minimum absolute atomic E-state index is 0.108. The van der Waals surface area contributed by atoms with Gasteiger partial charge >= 0.3 is 0 Å². The van der Waals surface area contributed by atoms with Crippen LogP contribution in [0.2, 0.25) is 0 Å². The van der Waals surface area contributed by atoms with E-state index in [4.69, 9.17) is 4.42 Å². The summed E-state index contributed by atoms with van der Waals surface area (Å²) in [5, 5.41) is 3.29. The zero-order valence-corrected chi connectivity index (χ0v) is 19.0. The Hall–Kier alpha value is -3.35. The predicted molar refractivity (Wildman–Crippen MR) is 124 cm³/mol. The van der Waals surface area contributed by atoms with Crippen LogP contribution in [0.15, 0.2) is 59.3 Å². The van der Waals surface area contributed by atoms with E-state index in [-0.39, 0.29) is 24.4 Å². The first-order chi connectivity index (χ1) is 16.1. The molecule has 33 heavy (non-hydrogen) atoms. The van der Waals surface area contributed by atoms with Crippen molar-refractivity contribution in [1.29, 1.82) is 0 Å². The largest absolute Gasteiger partial charge is 0.463 e. The third kappa shape index (κ3) is 4.08. The Morgan fingerprint density at radius 3 is 2.58 bits per heavy atom. The van der Waals surface area contributed by atoms with Crippen molar-refractivity contribution in [3.8, 4) is 11.5 Å². The maximum atomic E-state index is 13.8. The Bertz CT molecular complexity index is 1110. The Morgan fingerprint density at radius 2 is 1.88 bits per heavy atom. The van der Waals surface area contributed by atoms with Gasteiger partial charge in [0.05, 0.1) is 30.7 Å². The summed E-state index contributed by atoms with van der Waals surface area (Å²) in [6.07, 6.45) is 9.99.